The molecule has 0 aliphatic carbocycles. The van der Waals surface area contributed by atoms with E-state index in [2.05, 4.69) is 23.7 Å². The van der Waals surface area contributed by atoms with Crippen molar-refractivity contribution < 1.29 is 13.9 Å². The van der Waals surface area contributed by atoms with Crippen molar-refractivity contribution in [1.29, 1.82) is 0 Å². The molecule has 1 aliphatic rings. The second-order valence-electron chi connectivity index (χ2n) is 8.31. The fraction of sp³-hybridized carbons (Fsp3) is 0.458. The Hall–Kier alpha value is -3.09. The molecule has 0 radical (unpaired) electrons. The number of piperazine rings is 1. The molecule has 0 spiro atoms. The van der Waals surface area contributed by atoms with Crippen LogP contribution in [0.3, 0.4) is 0 Å². The number of nitrogens with zero attached hydrogens (tertiary/aromatic N) is 4. The smallest absolute Gasteiger partial charge is 0.290 e. The molecule has 0 atom stereocenters. The van der Waals surface area contributed by atoms with E-state index in [0.29, 0.717) is 31.0 Å². The zero-order chi connectivity index (χ0) is 22.1. The second kappa shape index (κ2) is 8.57. The SMILES string of the molecule is CCOc1ccc2oc(C(=O)N3CCN(c4cc(C)nc(C(C)C)n4)CC3)c(C)c2c1. The Balaban J connectivity index is 1.49. The van der Waals surface area contributed by atoms with Crippen LogP contribution in [-0.4, -0.2) is 53.6 Å². The quantitative estimate of drug-likeness (QED) is 0.610. The Kier molecular flexibility index (Phi) is 5.85. The van der Waals surface area contributed by atoms with Crippen molar-refractivity contribution in [1.82, 2.24) is 14.9 Å². The summed E-state index contributed by atoms with van der Waals surface area (Å²) in [5.41, 5.74) is 2.54. The first kappa shape index (κ1) is 21.2. The average molecular weight is 423 g/mol. The Morgan fingerprint density at radius 3 is 2.55 bits per heavy atom. The van der Waals surface area contributed by atoms with Crippen LogP contribution in [0.2, 0.25) is 0 Å². The van der Waals surface area contributed by atoms with Gasteiger partial charge in [0, 0.05) is 54.8 Å². The molecule has 1 aliphatic heterocycles. The van der Waals surface area contributed by atoms with Gasteiger partial charge in [-0.05, 0) is 39.0 Å². The molecule has 0 unspecified atom stereocenters. The monoisotopic (exact) mass is 422 g/mol. The third kappa shape index (κ3) is 4.22. The molecule has 1 saturated heterocycles. The molecule has 7 heteroatoms. The van der Waals surface area contributed by atoms with E-state index in [1.807, 2.05) is 49.9 Å². The summed E-state index contributed by atoms with van der Waals surface area (Å²) in [6, 6.07) is 7.70. The lowest BCUT2D eigenvalue weighted by molar-refractivity contribution is 0.0716. The highest BCUT2D eigenvalue weighted by Gasteiger charge is 2.27. The molecule has 0 bridgehead atoms. The van der Waals surface area contributed by atoms with E-state index >= 15 is 0 Å². The molecule has 4 rings (SSSR count). The number of aromatic nitrogens is 2. The van der Waals surface area contributed by atoms with Crippen LogP contribution in [0.5, 0.6) is 5.75 Å². The molecule has 1 fully saturated rings. The number of hydrogen-bond donors (Lipinski definition) is 0. The van der Waals surface area contributed by atoms with E-state index in [4.69, 9.17) is 14.1 Å². The van der Waals surface area contributed by atoms with E-state index < -0.39 is 0 Å². The van der Waals surface area contributed by atoms with Crippen molar-refractivity contribution in [2.75, 3.05) is 37.7 Å². The van der Waals surface area contributed by atoms with Crippen LogP contribution in [0.25, 0.3) is 11.0 Å². The number of anilines is 1. The predicted molar refractivity (Wildman–Crippen MR) is 121 cm³/mol. The maximum absolute atomic E-state index is 13.2. The third-order valence-corrected chi connectivity index (χ3v) is 5.68. The molecule has 164 valence electrons. The van der Waals surface area contributed by atoms with Gasteiger partial charge in [-0.1, -0.05) is 13.8 Å². The van der Waals surface area contributed by atoms with E-state index in [1.54, 1.807) is 0 Å². The van der Waals surface area contributed by atoms with Gasteiger partial charge in [-0.25, -0.2) is 9.97 Å². The van der Waals surface area contributed by atoms with Crippen LogP contribution >= 0.6 is 0 Å². The number of ether oxygens (including phenoxy) is 1. The van der Waals surface area contributed by atoms with E-state index in [0.717, 1.165) is 47.1 Å². The van der Waals surface area contributed by atoms with Gasteiger partial charge in [-0.15, -0.1) is 0 Å². The van der Waals surface area contributed by atoms with Crippen molar-refractivity contribution >= 4 is 22.7 Å². The van der Waals surface area contributed by atoms with Crippen molar-refractivity contribution in [3.8, 4) is 5.75 Å². The Morgan fingerprint density at radius 2 is 1.87 bits per heavy atom. The summed E-state index contributed by atoms with van der Waals surface area (Å²) in [6.45, 7) is 13.4. The molecule has 1 amide bonds. The summed E-state index contributed by atoms with van der Waals surface area (Å²) in [4.78, 5) is 26.6. The minimum atomic E-state index is -0.0620. The highest BCUT2D eigenvalue weighted by molar-refractivity contribution is 5.99. The summed E-state index contributed by atoms with van der Waals surface area (Å²) >= 11 is 0. The average Bonchev–Trinajstić information content (AvgIpc) is 3.09. The topological polar surface area (TPSA) is 71.7 Å². The molecule has 3 aromatic rings. The molecule has 0 N–H and O–H groups in total. The van der Waals surface area contributed by atoms with E-state index in [1.165, 1.54) is 0 Å². The third-order valence-electron chi connectivity index (χ3n) is 5.68. The van der Waals surface area contributed by atoms with Gasteiger partial charge in [-0.3, -0.25) is 4.79 Å². The summed E-state index contributed by atoms with van der Waals surface area (Å²) in [6.07, 6.45) is 0. The van der Waals surface area contributed by atoms with Gasteiger partial charge in [0.2, 0.25) is 0 Å². The van der Waals surface area contributed by atoms with Gasteiger partial charge in [-0.2, -0.15) is 0 Å². The highest BCUT2D eigenvalue weighted by atomic mass is 16.5. The minimum absolute atomic E-state index is 0.0620. The van der Waals surface area contributed by atoms with E-state index in [-0.39, 0.29) is 11.8 Å². The summed E-state index contributed by atoms with van der Waals surface area (Å²) in [5.74, 6) is 3.21. The van der Waals surface area contributed by atoms with Crippen LogP contribution in [0.15, 0.2) is 28.7 Å². The molecule has 31 heavy (non-hydrogen) atoms. The number of benzene rings is 1. The Morgan fingerprint density at radius 1 is 1.13 bits per heavy atom. The Labute approximate surface area is 183 Å². The van der Waals surface area contributed by atoms with Gasteiger partial charge in [0.05, 0.1) is 6.61 Å². The van der Waals surface area contributed by atoms with E-state index in [9.17, 15) is 4.79 Å². The van der Waals surface area contributed by atoms with Gasteiger partial charge in [0.1, 0.15) is 23.0 Å². The number of fused-ring (bicyclic) bond motifs is 1. The molecule has 3 heterocycles. The standard InChI is InChI=1S/C24H30N4O3/c1-6-30-18-7-8-20-19(14-18)17(5)22(31-20)24(29)28-11-9-27(10-12-28)21-13-16(4)25-23(26-21)15(2)3/h7-8,13-15H,6,9-12H2,1-5H3. The molecular formula is C24H30N4O3. The van der Waals surface area contributed by atoms with Gasteiger partial charge >= 0.3 is 0 Å². The molecule has 2 aromatic heterocycles. The number of rotatable bonds is 5. The van der Waals surface area contributed by atoms with Crippen LogP contribution in [0, 0.1) is 13.8 Å². The second-order valence-corrected chi connectivity index (χ2v) is 8.31. The largest absolute Gasteiger partial charge is 0.494 e. The number of carbonyl (C=O) groups is 1. The van der Waals surface area contributed by atoms with Crippen molar-refractivity contribution in [3.05, 3.63) is 47.1 Å². The first-order chi connectivity index (χ1) is 14.9. The number of hydrogen-bond acceptors (Lipinski definition) is 6. The first-order valence-corrected chi connectivity index (χ1v) is 10.9. The molecule has 7 nitrogen and oxygen atoms in total. The number of furan rings is 1. The summed E-state index contributed by atoms with van der Waals surface area (Å²) < 4.78 is 11.5. The van der Waals surface area contributed by atoms with Gasteiger partial charge < -0.3 is 19.0 Å². The molecule has 1 aromatic carbocycles. The lowest BCUT2D eigenvalue weighted by atomic mass is 10.1. The van der Waals surface area contributed by atoms with Crippen LogP contribution in [0.1, 0.15) is 54.3 Å². The van der Waals surface area contributed by atoms with Gasteiger partial charge in [0.25, 0.3) is 5.91 Å². The molecular weight excluding hydrogens is 392 g/mol. The van der Waals surface area contributed by atoms with Crippen LogP contribution in [0.4, 0.5) is 5.82 Å². The zero-order valence-electron chi connectivity index (χ0n) is 18.9. The lowest BCUT2D eigenvalue weighted by Gasteiger charge is -2.35. The van der Waals surface area contributed by atoms with Gasteiger partial charge in [0.15, 0.2) is 5.76 Å². The van der Waals surface area contributed by atoms with Crippen molar-refractivity contribution in [2.45, 2.75) is 40.5 Å². The fourth-order valence-electron chi connectivity index (χ4n) is 3.94. The lowest BCUT2D eigenvalue weighted by Crippen LogP contribution is -2.49. The maximum Gasteiger partial charge on any atom is 0.290 e. The summed E-state index contributed by atoms with van der Waals surface area (Å²) in [5, 5.41) is 0.922. The molecule has 0 saturated carbocycles. The predicted octanol–water partition coefficient (Wildman–Crippen LogP) is 4.32. The number of aryl methyl sites for hydroxylation is 2. The van der Waals surface area contributed by atoms with Crippen molar-refractivity contribution in [2.24, 2.45) is 0 Å². The van der Waals surface area contributed by atoms with Crippen LogP contribution < -0.4 is 9.64 Å². The highest BCUT2D eigenvalue weighted by Crippen LogP contribution is 2.30. The van der Waals surface area contributed by atoms with Crippen molar-refractivity contribution in [3.63, 3.8) is 0 Å². The number of amides is 1. The maximum atomic E-state index is 13.2. The Bertz CT molecular complexity index is 1100. The first-order valence-electron chi connectivity index (χ1n) is 10.9. The fourth-order valence-corrected chi connectivity index (χ4v) is 3.94. The normalized spacial score (nSPS) is 14.5. The summed E-state index contributed by atoms with van der Waals surface area (Å²) in [7, 11) is 0. The minimum Gasteiger partial charge on any atom is -0.494 e. The van der Waals surface area contributed by atoms with Crippen LogP contribution in [-0.2, 0) is 0 Å². The number of carbonyl (C=O) groups excluding carboxylic acids is 1. The zero-order valence-corrected chi connectivity index (χ0v) is 18.9.